The van der Waals surface area contributed by atoms with Crippen molar-refractivity contribution < 1.29 is 4.79 Å². The summed E-state index contributed by atoms with van der Waals surface area (Å²) >= 11 is 12.0. The van der Waals surface area contributed by atoms with E-state index in [1.54, 1.807) is 29.2 Å². The number of hydrogen-bond acceptors (Lipinski definition) is 1. The van der Waals surface area contributed by atoms with Gasteiger partial charge in [0.05, 0.1) is 0 Å². The molecular formula is C18H17Cl2NO. The second kappa shape index (κ2) is 7.48. The Bertz CT molecular complexity index is 710. The molecule has 2 aromatic rings. The van der Waals surface area contributed by atoms with Gasteiger partial charge in [0.1, 0.15) is 0 Å². The van der Waals surface area contributed by atoms with Crippen molar-refractivity contribution >= 4 is 40.9 Å². The smallest absolute Gasteiger partial charge is 0.250 e. The number of benzene rings is 2. The zero-order valence-corrected chi connectivity index (χ0v) is 14.0. The Labute approximate surface area is 141 Å². The molecule has 0 aromatic heterocycles. The van der Waals surface area contributed by atoms with Gasteiger partial charge in [0.25, 0.3) is 5.91 Å². The fourth-order valence-electron chi connectivity index (χ4n) is 2.15. The monoisotopic (exact) mass is 333 g/mol. The lowest BCUT2D eigenvalue weighted by atomic mass is 10.2. The van der Waals surface area contributed by atoms with Crippen molar-refractivity contribution in [1.29, 1.82) is 0 Å². The van der Waals surface area contributed by atoms with E-state index in [1.165, 1.54) is 6.08 Å². The van der Waals surface area contributed by atoms with Gasteiger partial charge in [0, 0.05) is 28.4 Å². The topological polar surface area (TPSA) is 20.3 Å². The number of likely N-dealkylation sites (N-methyl/N-ethyl adjacent to an activating group) is 1. The van der Waals surface area contributed by atoms with Gasteiger partial charge in [-0.25, -0.2) is 0 Å². The predicted octanol–water partition coefficient (Wildman–Crippen LogP) is 5.37. The van der Waals surface area contributed by atoms with Crippen molar-refractivity contribution in [2.75, 3.05) is 11.4 Å². The lowest BCUT2D eigenvalue weighted by Crippen LogP contribution is -2.28. The molecule has 2 nitrogen and oxygen atoms in total. The van der Waals surface area contributed by atoms with Gasteiger partial charge in [0.15, 0.2) is 0 Å². The summed E-state index contributed by atoms with van der Waals surface area (Å²) in [5.74, 6) is -0.0842. The van der Waals surface area contributed by atoms with Crippen LogP contribution >= 0.6 is 23.2 Å². The van der Waals surface area contributed by atoms with E-state index in [0.717, 1.165) is 16.8 Å². The molecule has 4 heteroatoms. The molecule has 1 amide bonds. The summed E-state index contributed by atoms with van der Waals surface area (Å²) < 4.78 is 0. The van der Waals surface area contributed by atoms with Gasteiger partial charge in [-0.05, 0) is 55.3 Å². The molecule has 0 radical (unpaired) electrons. The van der Waals surface area contributed by atoms with E-state index in [0.29, 0.717) is 16.6 Å². The van der Waals surface area contributed by atoms with Crippen LogP contribution in [0.3, 0.4) is 0 Å². The van der Waals surface area contributed by atoms with Crippen LogP contribution in [0.2, 0.25) is 10.0 Å². The zero-order chi connectivity index (χ0) is 16.1. The Balaban J connectivity index is 2.20. The summed E-state index contributed by atoms with van der Waals surface area (Å²) in [7, 11) is 0. The first-order valence-electron chi connectivity index (χ1n) is 7.02. The number of carbonyl (C=O) groups excluding carboxylic acids is 1. The first-order chi connectivity index (χ1) is 10.5. The molecule has 0 heterocycles. The lowest BCUT2D eigenvalue weighted by Gasteiger charge is -2.19. The average molecular weight is 334 g/mol. The zero-order valence-electron chi connectivity index (χ0n) is 12.5. The number of rotatable bonds is 4. The van der Waals surface area contributed by atoms with E-state index in [4.69, 9.17) is 23.2 Å². The van der Waals surface area contributed by atoms with Crippen molar-refractivity contribution in [3.8, 4) is 0 Å². The summed E-state index contributed by atoms with van der Waals surface area (Å²) in [5.41, 5.74) is 2.77. The molecule has 0 unspecified atom stereocenters. The first kappa shape index (κ1) is 16.6. The molecule has 0 aliphatic heterocycles. The van der Waals surface area contributed by atoms with Gasteiger partial charge < -0.3 is 4.90 Å². The fraction of sp³-hybridized carbons (Fsp3) is 0.167. The Hall–Kier alpha value is -1.77. The van der Waals surface area contributed by atoms with Crippen molar-refractivity contribution in [3.05, 3.63) is 69.7 Å². The molecule has 0 saturated carbocycles. The maximum absolute atomic E-state index is 12.4. The third-order valence-electron chi connectivity index (χ3n) is 3.26. The summed E-state index contributed by atoms with van der Waals surface area (Å²) in [6, 6.07) is 13.1. The highest BCUT2D eigenvalue weighted by atomic mass is 35.5. The second-order valence-corrected chi connectivity index (χ2v) is 5.76. The highest BCUT2D eigenvalue weighted by Gasteiger charge is 2.11. The SMILES string of the molecule is CCN(C(=O)/C=C/c1ccc(Cl)cc1Cl)c1cccc(C)c1. The van der Waals surface area contributed by atoms with E-state index in [-0.39, 0.29) is 5.91 Å². The highest BCUT2D eigenvalue weighted by Crippen LogP contribution is 2.22. The van der Waals surface area contributed by atoms with Crippen LogP contribution in [-0.4, -0.2) is 12.5 Å². The summed E-state index contributed by atoms with van der Waals surface area (Å²) in [6.45, 7) is 4.55. The minimum Gasteiger partial charge on any atom is -0.309 e. The molecule has 0 aliphatic carbocycles. The first-order valence-corrected chi connectivity index (χ1v) is 7.78. The largest absolute Gasteiger partial charge is 0.309 e. The van der Waals surface area contributed by atoms with Crippen molar-refractivity contribution in [2.45, 2.75) is 13.8 Å². The van der Waals surface area contributed by atoms with Crippen LogP contribution in [0.15, 0.2) is 48.5 Å². The summed E-state index contributed by atoms with van der Waals surface area (Å²) in [5, 5.41) is 1.10. The Morgan fingerprint density at radius 3 is 2.59 bits per heavy atom. The number of nitrogens with zero attached hydrogens (tertiary/aromatic N) is 1. The fourth-order valence-corrected chi connectivity index (χ4v) is 2.62. The molecule has 2 aromatic carbocycles. The van der Waals surface area contributed by atoms with Gasteiger partial charge in [-0.15, -0.1) is 0 Å². The lowest BCUT2D eigenvalue weighted by molar-refractivity contribution is -0.114. The summed E-state index contributed by atoms with van der Waals surface area (Å²) in [4.78, 5) is 14.1. The Kier molecular flexibility index (Phi) is 5.64. The normalized spacial score (nSPS) is 10.9. The van der Waals surface area contributed by atoms with E-state index in [1.807, 2.05) is 38.1 Å². The third-order valence-corrected chi connectivity index (χ3v) is 3.83. The maximum atomic E-state index is 12.4. The van der Waals surface area contributed by atoms with Crippen LogP contribution in [0.4, 0.5) is 5.69 Å². The number of amides is 1. The molecule has 2 rings (SSSR count). The van der Waals surface area contributed by atoms with Crippen molar-refractivity contribution in [2.24, 2.45) is 0 Å². The third kappa shape index (κ3) is 4.12. The van der Waals surface area contributed by atoms with Crippen LogP contribution in [-0.2, 0) is 4.79 Å². The van der Waals surface area contributed by atoms with Crippen LogP contribution < -0.4 is 4.90 Å². The van der Waals surface area contributed by atoms with Gasteiger partial charge in [-0.1, -0.05) is 41.4 Å². The Morgan fingerprint density at radius 1 is 1.18 bits per heavy atom. The number of halogens is 2. The van der Waals surface area contributed by atoms with E-state index < -0.39 is 0 Å². The standard InChI is InChI=1S/C18H17Cl2NO/c1-3-21(16-6-4-5-13(2)11-16)18(22)10-8-14-7-9-15(19)12-17(14)20/h4-12H,3H2,1-2H3/b10-8+. The van der Waals surface area contributed by atoms with Crippen LogP contribution in [0.25, 0.3) is 6.08 Å². The Morgan fingerprint density at radius 2 is 1.95 bits per heavy atom. The van der Waals surface area contributed by atoms with Crippen molar-refractivity contribution in [1.82, 2.24) is 0 Å². The molecule has 0 spiro atoms. The van der Waals surface area contributed by atoms with E-state index in [2.05, 4.69) is 0 Å². The highest BCUT2D eigenvalue weighted by molar-refractivity contribution is 6.35. The van der Waals surface area contributed by atoms with Gasteiger partial charge in [-0.3, -0.25) is 4.79 Å². The summed E-state index contributed by atoms with van der Waals surface area (Å²) in [6.07, 6.45) is 3.24. The van der Waals surface area contributed by atoms with Gasteiger partial charge >= 0.3 is 0 Å². The molecule has 0 bridgehead atoms. The molecule has 0 saturated heterocycles. The van der Waals surface area contributed by atoms with Crippen LogP contribution in [0.5, 0.6) is 0 Å². The number of anilines is 1. The molecular weight excluding hydrogens is 317 g/mol. The van der Waals surface area contributed by atoms with Crippen molar-refractivity contribution in [3.63, 3.8) is 0 Å². The molecule has 114 valence electrons. The van der Waals surface area contributed by atoms with Crippen LogP contribution in [0.1, 0.15) is 18.1 Å². The number of hydrogen-bond donors (Lipinski definition) is 0. The van der Waals surface area contributed by atoms with Gasteiger partial charge in [-0.2, -0.15) is 0 Å². The number of aryl methyl sites for hydroxylation is 1. The molecule has 0 aliphatic rings. The van der Waals surface area contributed by atoms with E-state index >= 15 is 0 Å². The molecule has 0 N–H and O–H groups in total. The van der Waals surface area contributed by atoms with Crippen LogP contribution in [0, 0.1) is 6.92 Å². The minimum absolute atomic E-state index is 0.0842. The average Bonchev–Trinajstić information content (AvgIpc) is 2.47. The molecule has 0 atom stereocenters. The molecule has 0 fully saturated rings. The second-order valence-electron chi connectivity index (χ2n) is 4.92. The predicted molar refractivity (Wildman–Crippen MR) is 94.7 cm³/mol. The number of carbonyl (C=O) groups is 1. The quantitative estimate of drug-likeness (QED) is 0.689. The van der Waals surface area contributed by atoms with Gasteiger partial charge in [0.2, 0.25) is 0 Å². The van der Waals surface area contributed by atoms with E-state index in [9.17, 15) is 4.79 Å². The maximum Gasteiger partial charge on any atom is 0.250 e. The minimum atomic E-state index is -0.0842. The molecule has 22 heavy (non-hydrogen) atoms.